The van der Waals surface area contributed by atoms with E-state index < -0.39 is 0 Å². The summed E-state index contributed by atoms with van der Waals surface area (Å²) in [4.78, 5) is 4.91. The van der Waals surface area contributed by atoms with Gasteiger partial charge < -0.3 is 14.2 Å². The van der Waals surface area contributed by atoms with Crippen LogP contribution in [0.25, 0.3) is 0 Å². The Labute approximate surface area is 167 Å². The van der Waals surface area contributed by atoms with Crippen molar-refractivity contribution in [2.75, 3.05) is 65.8 Å². The molecule has 3 saturated heterocycles. The van der Waals surface area contributed by atoms with Gasteiger partial charge in [0.1, 0.15) is 12.4 Å². The molecule has 1 aromatic rings. The van der Waals surface area contributed by atoms with E-state index in [1.54, 1.807) is 0 Å². The molecule has 0 unspecified atom stereocenters. The first-order valence-electron chi connectivity index (χ1n) is 10.2. The lowest BCUT2D eigenvalue weighted by atomic mass is 9.82. The largest absolute Gasteiger partial charge is 0.491 e. The van der Waals surface area contributed by atoms with E-state index >= 15 is 0 Å². The number of hydrogen-bond donors (Lipinski definition) is 0. The van der Waals surface area contributed by atoms with Crippen molar-refractivity contribution in [2.24, 2.45) is 5.41 Å². The summed E-state index contributed by atoms with van der Waals surface area (Å²) in [5.74, 6) is 0.784. The molecule has 5 nitrogen and oxygen atoms in total. The quantitative estimate of drug-likeness (QED) is 0.740. The van der Waals surface area contributed by atoms with E-state index in [-0.39, 0.29) is 0 Å². The molecule has 0 bridgehead atoms. The van der Waals surface area contributed by atoms with Crippen LogP contribution in [0.2, 0.25) is 5.02 Å². The minimum Gasteiger partial charge on any atom is -0.491 e. The maximum atomic E-state index is 6.48. The van der Waals surface area contributed by atoms with Crippen molar-refractivity contribution in [2.45, 2.75) is 25.8 Å². The van der Waals surface area contributed by atoms with Crippen molar-refractivity contribution in [1.82, 2.24) is 9.80 Å². The molecule has 6 heteroatoms. The zero-order chi connectivity index (χ0) is 18.5. The molecule has 3 aliphatic heterocycles. The van der Waals surface area contributed by atoms with Gasteiger partial charge in [-0.2, -0.15) is 0 Å². The predicted molar refractivity (Wildman–Crippen MR) is 107 cm³/mol. The van der Waals surface area contributed by atoms with Crippen LogP contribution >= 0.6 is 11.6 Å². The number of rotatable bonds is 6. The number of likely N-dealkylation sites (tertiary alicyclic amines) is 1. The van der Waals surface area contributed by atoms with E-state index in [1.165, 1.54) is 24.8 Å². The van der Waals surface area contributed by atoms with Crippen molar-refractivity contribution >= 4 is 11.6 Å². The SMILES string of the molecule is Clc1cc(CN2CC[C@@]3(CCCOC3)C2)ccc1OCCN1CCOCC1. The molecule has 0 aromatic heterocycles. The molecule has 1 atom stereocenters. The van der Waals surface area contributed by atoms with Crippen molar-refractivity contribution in [3.8, 4) is 5.75 Å². The van der Waals surface area contributed by atoms with E-state index in [1.807, 2.05) is 6.07 Å². The molecule has 3 fully saturated rings. The van der Waals surface area contributed by atoms with Crippen LogP contribution in [0.5, 0.6) is 5.75 Å². The third-order valence-electron chi connectivity index (χ3n) is 6.09. The summed E-state index contributed by atoms with van der Waals surface area (Å²) in [6.45, 7) is 10.3. The molecule has 3 aliphatic rings. The lowest BCUT2D eigenvalue weighted by molar-refractivity contribution is -0.00247. The smallest absolute Gasteiger partial charge is 0.137 e. The first-order chi connectivity index (χ1) is 13.2. The van der Waals surface area contributed by atoms with Crippen molar-refractivity contribution in [3.63, 3.8) is 0 Å². The Morgan fingerprint density at radius 2 is 1.93 bits per heavy atom. The van der Waals surface area contributed by atoms with Gasteiger partial charge >= 0.3 is 0 Å². The van der Waals surface area contributed by atoms with E-state index in [2.05, 4.69) is 21.9 Å². The lowest BCUT2D eigenvalue weighted by Gasteiger charge is -2.33. The van der Waals surface area contributed by atoms with Crippen molar-refractivity contribution in [1.29, 1.82) is 0 Å². The molecule has 0 aliphatic carbocycles. The standard InChI is InChI=1S/C21H31ClN2O3/c22-19-14-18(15-24-6-5-21(16-24)4-1-10-26-17-21)2-3-20(19)27-13-9-23-7-11-25-12-8-23/h2-3,14H,1,4-13,15-17H2/t21-/m0/s1. The fourth-order valence-corrected chi connectivity index (χ4v) is 4.78. The molecular formula is C21H31ClN2O3. The van der Waals surface area contributed by atoms with E-state index in [9.17, 15) is 0 Å². The summed E-state index contributed by atoms with van der Waals surface area (Å²) in [6, 6.07) is 6.23. The Bertz CT molecular complexity index is 615. The Kier molecular flexibility index (Phi) is 6.56. The predicted octanol–water partition coefficient (Wildman–Crippen LogP) is 3.05. The molecule has 3 heterocycles. The fraction of sp³-hybridized carbons (Fsp3) is 0.714. The second-order valence-electron chi connectivity index (χ2n) is 8.18. The second-order valence-corrected chi connectivity index (χ2v) is 8.59. The zero-order valence-corrected chi connectivity index (χ0v) is 16.9. The van der Waals surface area contributed by atoms with Gasteiger partial charge in [-0.25, -0.2) is 0 Å². The number of morpholine rings is 1. The first kappa shape index (κ1) is 19.5. The van der Waals surface area contributed by atoms with Crippen LogP contribution in [0.4, 0.5) is 0 Å². The van der Waals surface area contributed by atoms with Gasteiger partial charge in [-0.3, -0.25) is 9.80 Å². The van der Waals surface area contributed by atoms with Gasteiger partial charge in [-0.1, -0.05) is 17.7 Å². The van der Waals surface area contributed by atoms with Gasteiger partial charge in [-0.05, 0) is 43.5 Å². The number of ether oxygens (including phenoxy) is 3. The van der Waals surface area contributed by atoms with Gasteiger partial charge in [0, 0.05) is 44.7 Å². The van der Waals surface area contributed by atoms with Crippen molar-refractivity contribution < 1.29 is 14.2 Å². The Morgan fingerprint density at radius 1 is 1.04 bits per heavy atom. The molecule has 1 spiro atoms. The highest BCUT2D eigenvalue weighted by Gasteiger charge is 2.39. The first-order valence-corrected chi connectivity index (χ1v) is 10.6. The zero-order valence-electron chi connectivity index (χ0n) is 16.1. The minimum absolute atomic E-state index is 0.393. The molecule has 150 valence electrons. The van der Waals surface area contributed by atoms with Gasteiger partial charge in [0.05, 0.1) is 24.8 Å². The third-order valence-corrected chi connectivity index (χ3v) is 6.39. The van der Waals surface area contributed by atoms with Gasteiger partial charge in [0.2, 0.25) is 0 Å². The van der Waals surface area contributed by atoms with Crippen LogP contribution in [-0.4, -0.2) is 75.6 Å². The van der Waals surface area contributed by atoms with Crippen LogP contribution < -0.4 is 4.74 Å². The molecule has 0 radical (unpaired) electrons. The lowest BCUT2D eigenvalue weighted by Crippen LogP contribution is -2.38. The summed E-state index contributed by atoms with van der Waals surface area (Å²) in [7, 11) is 0. The van der Waals surface area contributed by atoms with Crippen LogP contribution in [0.15, 0.2) is 18.2 Å². The normalized spacial score (nSPS) is 27.3. The summed E-state index contributed by atoms with van der Waals surface area (Å²) in [5, 5.41) is 0.712. The maximum absolute atomic E-state index is 6.48. The molecule has 4 rings (SSSR count). The highest BCUT2D eigenvalue weighted by Crippen LogP contribution is 2.38. The average Bonchev–Trinajstić information content (AvgIpc) is 3.06. The average molecular weight is 395 g/mol. The molecule has 0 saturated carbocycles. The Morgan fingerprint density at radius 3 is 2.70 bits per heavy atom. The number of benzene rings is 1. The van der Waals surface area contributed by atoms with Gasteiger partial charge in [-0.15, -0.1) is 0 Å². The van der Waals surface area contributed by atoms with Crippen molar-refractivity contribution in [3.05, 3.63) is 28.8 Å². The molecule has 0 amide bonds. The minimum atomic E-state index is 0.393. The second kappa shape index (κ2) is 9.10. The molecule has 0 N–H and O–H groups in total. The van der Waals surface area contributed by atoms with E-state index in [4.69, 9.17) is 25.8 Å². The highest BCUT2D eigenvalue weighted by atomic mass is 35.5. The maximum Gasteiger partial charge on any atom is 0.137 e. The molecular weight excluding hydrogens is 364 g/mol. The summed E-state index contributed by atoms with van der Waals surface area (Å²) >= 11 is 6.48. The Hall–Kier alpha value is -0.850. The third kappa shape index (κ3) is 5.15. The highest BCUT2D eigenvalue weighted by molar-refractivity contribution is 6.32. The monoisotopic (exact) mass is 394 g/mol. The van der Waals surface area contributed by atoms with Gasteiger partial charge in [0.25, 0.3) is 0 Å². The number of halogens is 1. The van der Waals surface area contributed by atoms with E-state index in [0.29, 0.717) is 17.0 Å². The van der Waals surface area contributed by atoms with Crippen LogP contribution in [0, 0.1) is 5.41 Å². The van der Waals surface area contributed by atoms with Crippen LogP contribution in [0.1, 0.15) is 24.8 Å². The summed E-state index contributed by atoms with van der Waals surface area (Å²) in [6.07, 6.45) is 3.76. The summed E-state index contributed by atoms with van der Waals surface area (Å²) in [5.41, 5.74) is 1.65. The molecule has 1 aromatic carbocycles. The van der Waals surface area contributed by atoms with Gasteiger partial charge in [0.15, 0.2) is 0 Å². The van der Waals surface area contributed by atoms with E-state index in [0.717, 1.165) is 71.4 Å². The number of hydrogen-bond acceptors (Lipinski definition) is 5. The topological polar surface area (TPSA) is 34.2 Å². The summed E-state index contributed by atoms with van der Waals surface area (Å²) < 4.78 is 17.0. The molecule has 27 heavy (non-hydrogen) atoms. The fourth-order valence-electron chi connectivity index (χ4n) is 4.52. The Balaban J connectivity index is 1.25. The van der Waals surface area contributed by atoms with Crippen LogP contribution in [-0.2, 0) is 16.0 Å². The number of nitrogens with zero attached hydrogens (tertiary/aromatic N) is 2. The van der Waals surface area contributed by atoms with Crippen LogP contribution in [0.3, 0.4) is 0 Å².